The van der Waals surface area contributed by atoms with E-state index in [9.17, 15) is 28.8 Å². The normalized spacial score (nSPS) is 13.8. The van der Waals surface area contributed by atoms with E-state index < -0.39 is 66.7 Å². The molecular formula is C30H31N6O8. The summed E-state index contributed by atoms with van der Waals surface area (Å²) in [5.41, 5.74) is 8.60. The lowest BCUT2D eigenvalue weighted by molar-refractivity contribution is -0.140. The zero-order valence-electron chi connectivity index (χ0n) is 23.3. The minimum Gasteiger partial charge on any atom is -0.481 e. The Balaban J connectivity index is 1.63. The van der Waals surface area contributed by atoms with Gasteiger partial charge in [0.05, 0.1) is 18.9 Å². The molecule has 3 amide bonds. The number of rotatable bonds is 15. The summed E-state index contributed by atoms with van der Waals surface area (Å²) in [5, 5.41) is 27.2. The van der Waals surface area contributed by atoms with Crippen molar-refractivity contribution in [1.29, 1.82) is 0 Å². The van der Waals surface area contributed by atoms with E-state index in [1.807, 2.05) is 36.4 Å². The van der Waals surface area contributed by atoms with Gasteiger partial charge in [-0.1, -0.05) is 36.4 Å². The summed E-state index contributed by atoms with van der Waals surface area (Å²) < 4.78 is 0. The third-order valence-electron chi connectivity index (χ3n) is 7.03. The second-order valence-electron chi connectivity index (χ2n) is 10.2. The minimum atomic E-state index is -1.47. The Morgan fingerprint density at radius 1 is 0.705 bits per heavy atom. The number of amides is 3. The molecule has 0 bridgehead atoms. The number of hydrogen-bond acceptors (Lipinski definition) is 7. The van der Waals surface area contributed by atoms with Crippen molar-refractivity contribution in [3.63, 3.8) is 0 Å². The van der Waals surface area contributed by atoms with Gasteiger partial charge in [0.2, 0.25) is 24.0 Å². The average Bonchev–Trinajstić information content (AvgIpc) is 3.59. The number of aromatic nitrogens is 2. The van der Waals surface area contributed by atoms with Crippen LogP contribution in [0.2, 0.25) is 0 Å². The van der Waals surface area contributed by atoms with Crippen molar-refractivity contribution in [2.45, 2.75) is 49.9 Å². The van der Waals surface area contributed by atoms with Crippen molar-refractivity contribution >= 4 is 57.8 Å². The molecule has 44 heavy (non-hydrogen) atoms. The fraction of sp³-hybridized carbons (Fsp3) is 0.267. The summed E-state index contributed by atoms with van der Waals surface area (Å²) in [7, 11) is 0. The predicted molar refractivity (Wildman–Crippen MR) is 158 cm³/mol. The van der Waals surface area contributed by atoms with Crippen LogP contribution in [0.5, 0.6) is 0 Å². The molecule has 9 N–H and O–H groups in total. The maximum atomic E-state index is 13.8. The molecule has 4 rings (SSSR count). The van der Waals surface area contributed by atoms with E-state index in [-0.39, 0.29) is 12.8 Å². The second-order valence-corrected chi connectivity index (χ2v) is 10.2. The number of nitrogens with two attached hydrogens (primary N) is 1. The third-order valence-corrected chi connectivity index (χ3v) is 7.03. The standard InChI is InChI=1S/C30H31N6O8/c31-21(12-27(40)41)28(42)35-25(10-17-14-33-23-8-4-2-6-20(17)23)30(44)36-24(29(43)34-18(15-37)11-26(38)39)9-16-13-32-22-7-3-1-5-19(16)22/h1-8,13-14,18,21,24-25,32-33H,9-12,31H2,(H,34,43)(H,35,42)(H,36,44)(H,38,39)(H,40,41)/t18-,21-,24-,25-/m0/s1. The number of para-hydroxylation sites is 2. The number of aliphatic carboxylic acids is 2. The molecule has 0 fully saturated rings. The molecule has 0 spiro atoms. The Morgan fingerprint density at radius 2 is 1.16 bits per heavy atom. The first-order valence-electron chi connectivity index (χ1n) is 13.6. The van der Waals surface area contributed by atoms with E-state index in [0.29, 0.717) is 11.1 Å². The Kier molecular flexibility index (Phi) is 10.1. The number of carbonyl (C=O) groups excluding carboxylic acids is 4. The third kappa shape index (κ3) is 7.86. The van der Waals surface area contributed by atoms with Gasteiger partial charge in [0.1, 0.15) is 18.1 Å². The van der Waals surface area contributed by atoms with Gasteiger partial charge in [-0.25, -0.2) is 0 Å². The number of benzene rings is 2. The van der Waals surface area contributed by atoms with Gasteiger partial charge in [0.25, 0.3) is 0 Å². The van der Waals surface area contributed by atoms with Crippen LogP contribution in [0.25, 0.3) is 21.8 Å². The van der Waals surface area contributed by atoms with Crippen LogP contribution in [0.4, 0.5) is 0 Å². The second kappa shape index (κ2) is 14.1. The van der Waals surface area contributed by atoms with Crippen LogP contribution in [-0.2, 0) is 41.6 Å². The molecule has 4 aromatic rings. The summed E-state index contributed by atoms with van der Waals surface area (Å²) in [4.78, 5) is 79.8. The van der Waals surface area contributed by atoms with Gasteiger partial charge in [-0.15, -0.1) is 0 Å². The van der Waals surface area contributed by atoms with Crippen LogP contribution >= 0.6 is 0 Å². The first-order chi connectivity index (χ1) is 21.0. The first-order valence-corrected chi connectivity index (χ1v) is 13.6. The van der Waals surface area contributed by atoms with Crippen LogP contribution in [0.1, 0.15) is 24.0 Å². The van der Waals surface area contributed by atoms with Crippen molar-refractivity contribution in [2.75, 3.05) is 0 Å². The summed E-state index contributed by atoms with van der Waals surface area (Å²) >= 11 is 0. The lowest BCUT2D eigenvalue weighted by Crippen LogP contribution is -2.58. The number of H-pyrrole nitrogens is 2. The van der Waals surface area contributed by atoms with Gasteiger partial charge >= 0.3 is 11.9 Å². The first kappa shape index (κ1) is 31.4. The smallest absolute Gasteiger partial charge is 0.305 e. The maximum Gasteiger partial charge on any atom is 0.305 e. The van der Waals surface area contributed by atoms with E-state index in [4.69, 9.17) is 15.9 Å². The van der Waals surface area contributed by atoms with Crippen molar-refractivity contribution in [2.24, 2.45) is 5.73 Å². The number of aromatic amines is 2. The SMILES string of the molecule is N[C@@H](CC(=O)O)C(=O)N[C@@H](Cc1c[nH]c2ccccc12)C(=O)N[C@@H](Cc1c[nH]c2ccccc12)C(=O)N[C@H]([C]=O)CC(=O)O. The average molecular weight is 604 g/mol. The van der Waals surface area contributed by atoms with Gasteiger partial charge < -0.3 is 41.9 Å². The molecule has 0 saturated heterocycles. The van der Waals surface area contributed by atoms with Crippen LogP contribution in [-0.4, -0.2) is 80.3 Å². The number of carbonyl (C=O) groups is 5. The topological polar surface area (TPSA) is 237 Å². The number of nitrogens with one attached hydrogen (secondary N) is 5. The molecule has 14 heteroatoms. The van der Waals surface area contributed by atoms with Crippen LogP contribution in [0, 0.1) is 0 Å². The van der Waals surface area contributed by atoms with E-state index in [2.05, 4.69) is 25.9 Å². The monoisotopic (exact) mass is 603 g/mol. The molecule has 1 radical (unpaired) electrons. The molecule has 2 heterocycles. The summed E-state index contributed by atoms with van der Waals surface area (Å²) in [6.45, 7) is 0. The van der Waals surface area contributed by atoms with Crippen LogP contribution in [0.3, 0.4) is 0 Å². The van der Waals surface area contributed by atoms with Crippen molar-refractivity contribution in [1.82, 2.24) is 25.9 Å². The molecule has 2 aromatic carbocycles. The van der Waals surface area contributed by atoms with Gasteiger partial charge in [0, 0.05) is 47.0 Å². The van der Waals surface area contributed by atoms with Gasteiger partial charge in [0.15, 0.2) is 0 Å². The molecule has 0 unspecified atom stereocenters. The van der Waals surface area contributed by atoms with Gasteiger partial charge in [-0.2, -0.15) is 0 Å². The quantitative estimate of drug-likeness (QED) is 0.0930. The van der Waals surface area contributed by atoms with Crippen LogP contribution in [0.15, 0.2) is 60.9 Å². The highest BCUT2D eigenvalue weighted by Crippen LogP contribution is 2.21. The molecule has 0 aliphatic heterocycles. The van der Waals surface area contributed by atoms with E-state index in [0.717, 1.165) is 21.8 Å². The fourth-order valence-electron chi connectivity index (χ4n) is 4.86. The molecular weight excluding hydrogens is 572 g/mol. The van der Waals surface area contributed by atoms with E-state index in [1.54, 1.807) is 24.5 Å². The van der Waals surface area contributed by atoms with Gasteiger partial charge in [-0.05, 0) is 23.3 Å². The molecule has 0 aliphatic carbocycles. The lowest BCUT2D eigenvalue weighted by Gasteiger charge is -2.25. The summed E-state index contributed by atoms with van der Waals surface area (Å²) in [6, 6.07) is 8.98. The molecule has 0 saturated carbocycles. The zero-order chi connectivity index (χ0) is 31.8. The number of fused-ring (bicyclic) bond motifs is 2. The van der Waals surface area contributed by atoms with Crippen molar-refractivity contribution in [3.05, 3.63) is 72.1 Å². The Labute approximate surface area is 250 Å². The maximum absolute atomic E-state index is 13.8. The predicted octanol–water partition coefficient (Wildman–Crippen LogP) is 0.275. The molecule has 14 nitrogen and oxygen atoms in total. The Bertz CT molecular complexity index is 1690. The fourth-order valence-corrected chi connectivity index (χ4v) is 4.86. The Hall–Kier alpha value is -5.50. The minimum absolute atomic E-state index is 0.0491. The zero-order valence-corrected chi connectivity index (χ0v) is 23.3. The number of carboxylic acid groups (broad SMARTS) is 2. The molecule has 2 aromatic heterocycles. The highest BCUT2D eigenvalue weighted by atomic mass is 16.4. The highest BCUT2D eigenvalue weighted by molar-refractivity contribution is 5.96. The molecule has 229 valence electrons. The number of hydrogen-bond donors (Lipinski definition) is 8. The lowest BCUT2D eigenvalue weighted by atomic mass is 10.0. The molecule has 0 aliphatic rings. The largest absolute Gasteiger partial charge is 0.481 e. The van der Waals surface area contributed by atoms with Gasteiger partial charge in [-0.3, -0.25) is 28.8 Å². The van der Waals surface area contributed by atoms with E-state index in [1.165, 1.54) is 6.29 Å². The van der Waals surface area contributed by atoms with Crippen molar-refractivity contribution < 1.29 is 39.0 Å². The Morgan fingerprint density at radius 3 is 1.64 bits per heavy atom. The van der Waals surface area contributed by atoms with Crippen LogP contribution < -0.4 is 21.7 Å². The van der Waals surface area contributed by atoms with Crippen molar-refractivity contribution in [3.8, 4) is 0 Å². The summed E-state index contributed by atoms with van der Waals surface area (Å²) in [5.74, 6) is -5.17. The molecule has 4 atom stereocenters. The summed E-state index contributed by atoms with van der Waals surface area (Å²) in [6.07, 6.45) is 3.30. The highest BCUT2D eigenvalue weighted by Gasteiger charge is 2.31. The number of carboxylic acids is 2. The van der Waals surface area contributed by atoms with E-state index >= 15 is 0 Å².